The molecule has 0 N–H and O–H groups in total. The number of alkyl halides is 3. The van der Waals surface area contributed by atoms with Crippen molar-refractivity contribution in [3.05, 3.63) is 23.7 Å². The molecule has 90 valence electrons. The Labute approximate surface area is 101 Å². The summed E-state index contributed by atoms with van der Waals surface area (Å²) < 4.78 is 29.6. The van der Waals surface area contributed by atoms with Crippen LogP contribution < -0.4 is 0 Å². The molecule has 0 fully saturated rings. The van der Waals surface area contributed by atoms with Crippen molar-refractivity contribution in [3.63, 3.8) is 0 Å². The Morgan fingerprint density at radius 1 is 1.56 bits per heavy atom. The average molecular weight is 296 g/mol. The number of nitrogens with zero attached hydrogens (tertiary/aromatic N) is 1. The van der Waals surface area contributed by atoms with Gasteiger partial charge in [0.25, 0.3) is 12.3 Å². The first-order chi connectivity index (χ1) is 7.54. The number of carbonyl (C=O) groups is 1. The van der Waals surface area contributed by atoms with E-state index in [0.717, 1.165) is 4.90 Å². The molecular formula is C10H12BrF2NO2. The molecule has 0 bridgehead atoms. The van der Waals surface area contributed by atoms with Crippen molar-refractivity contribution < 1.29 is 18.0 Å². The van der Waals surface area contributed by atoms with Gasteiger partial charge in [-0.25, -0.2) is 8.78 Å². The van der Waals surface area contributed by atoms with Crippen LogP contribution in [0.4, 0.5) is 8.78 Å². The summed E-state index contributed by atoms with van der Waals surface area (Å²) in [7, 11) is 0. The molecule has 0 aromatic carbocycles. The molecule has 1 aromatic heterocycles. The lowest BCUT2D eigenvalue weighted by molar-refractivity contribution is 0.0544. The van der Waals surface area contributed by atoms with Crippen molar-refractivity contribution in [1.82, 2.24) is 4.90 Å². The van der Waals surface area contributed by atoms with Crippen LogP contribution >= 0.6 is 15.9 Å². The lowest BCUT2D eigenvalue weighted by atomic mass is 10.3. The average Bonchev–Trinajstić information content (AvgIpc) is 2.62. The number of amides is 1. The molecule has 1 heterocycles. The zero-order chi connectivity index (χ0) is 12.1. The van der Waals surface area contributed by atoms with E-state index < -0.39 is 18.9 Å². The first-order valence-corrected chi connectivity index (χ1v) is 5.86. The van der Waals surface area contributed by atoms with Crippen LogP contribution in [-0.4, -0.2) is 35.7 Å². The van der Waals surface area contributed by atoms with Gasteiger partial charge in [0, 0.05) is 11.9 Å². The monoisotopic (exact) mass is 295 g/mol. The van der Waals surface area contributed by atoms with Crippen LogP contribution in [0.2, 0.25) is 0 Å². The van der Waals surface area contributed by atoms with Crippen LogP contribution in [0.5, 0.6) is 0 Å². The summed E-state index contributed by atoms with van der Waals surface area (Å²) in [6.07, 6.45) is -2.54. The number of hydrogen-bond acceptors (Lipinski definition) is 2. The number of carbonyl (C=O) groups excluding carboxylic acids is 1. The minimum absolute atomic E-state index is 0.0964. The molecule has 6 heteroatoms. The number of halogens is 3. The lowest BCUT2D eigenvalue weighted by Crippen LogP contribution is -2.36. The van der Waals surface area contributed by atoms with Gasteiger partial charge in [-0.05, 0) is 19.1 Å². The third kappa shape index (κ3) is 3.59. The molecule has 1 amide bonds. The highest BCUT2D eigenvalue weighted by atomic mass is 79.9. The Morgan fingerprint density at radius 3 is 2.69 bits per heavy atom. The fourth-order valence-electron chi connectivity index (χ4n) is 1.25. The van der Waals surface area contributed by atoms with Gasteiger partial charge < -0.3 is 9.32 Å². The van der Waals surface area contributed by atoms with E-state index in [1.165, 1.54) is 6.07 Å². The largest absolute Gasteiger partial charge is 0.456 e. The Kier molecular flexibility index (Phi) is 4.92. The van der Waals surface area contributed by atoms with E-state index in [1.54, 1.807) is 13.0 Å². The summed E-state index contributed by atoms with van der Waals surface area (Å²) in [4.78, 5) is 12.8. The maximum atomic E-state index is 12.2. The van der Waals surface area contributed by atoms with Crippen molar-refractivity contribution in [1.29, 1.82) is 0 Å². The molecule has 0 radical (unpaired) electrons. The fourth-order valence-corrected chi connectivity index (χ4v) is 1.68. The van der Waals surface area contributed by atoms with Gasteiger partial charge in [-0.3, -0.25) is 4.79 Å². The molecule has 0 spiro atoms. The highest BCUT2D eigenvalue weighted by Gasteiger charge is 2.21. The summed E-state index contributed by atoms with van der Waals surface area (Å²) in [6, 6.07) is 3.12. The molecule has 0 aliphatic heterocycles. The summed E-state index contributed by atoms with van der Waals surface area (Å²) in [5, 5.41) is 0.450. The van der Waals surface area contributed by atoms with E-state index >= 15 is 0 Å². The number of hydrogen-bond donors (Lipinski definition) is 0. The van der Waals surface area contributed by atoms with Crippen molar-refractivity contribution in [2.45, 2.75) is 13.3 Å². The Balaban J connectivity index is 2.74. The van der Waals surface area contributed by atoms with Crippen LogP contribution in [0.1, 0.15) is 16.3 Å². The number of rotatable bonds is 5. The third-order valence-corrected chi connectivity index (χ3v) is 2.31. The number of aryl methyl sites for hydroxylation is 1. The van der Waals surface area contributed by atoms with Crippen molar-refractivity contribution >= 4 is 21.8 Å². The van der Waals surface area contributed by atoms with Crippen LogP contribution in [0, 0.1) is 6.92 Å². The molecule has 0 saturated heterocycles. The summed E-state index contributed by atoms with van der Waals surface area (Å²) in [5.74, 6) is 0.172. The fraction of sp³-hybridized carbons (Fsp3) is 0.500. The van der Waals surface area contributed by atoms with Gasteiger partial charge in [0.05, 0.1) is 6.54 Å². The molecule has 0 aliphatic carbocycles. The van der Waals surface area contributed by atoms with Crippen molar-refractivity contribution in [2.24, 2.45) is 0 Å². The van der Waals surface area contributed by atoms with Gasteiger partial charge in [0.2, 0.25) is 0 Å². The first kappa shape index (κ1) is 13.2. The highest BCUT2D eigenvalue weighted by molar-refractivity contribution is 9.09. The molecule has 1 aromatic rings. The second kappa shape index (κ2) is 5.98. The molecule has 3 nitrogen and oxygen atoms in total. The molecule has 0 unspecified atom stereocenters. The smallest absolute Gasteiger partial charge is 0.289 e. The zero-order valence-corrected chi connectivity index (χ0v) is 10.3. The van der Waals surface area contributed by atoms with Crippen LogP contribution in [0.25, 0.3) is 0 Å². The molecule has 0 atom stereocenters. The lowest BCUT2D eigenvalue weighted by Gasteiger charge is -2.19. The molecule has 1 rings (SSSR count). The van der Waals surface area contributed by atoms with Gasteiger partial charge in [0.1, 0.15) is 5.76 Å². The first-order valence-electron chi connectivity index (χ1n) is 4.74. The maximum absolute atomic E-state index is 12.2. The predicted octanol–water partition coefficient (Wildman–Crippen LogP) is 2.69. The normalized spacial score (nSPS) is 10.8. The Bertz CT molecular complexity index is 354. The minimum atomic E-state index is -2.54. The van der Waals surface area contributed by atoms with Crippen molar-refractivity contribution in [3.8, 4) is 0 Å². The molecule has 0 aliphatic rings. The van der Waals surface area contributed by atoms with E-state index in [2.05, 4.69) is 15.9 Å². The van der Waals surface area contributed by atoms with Crippen LogP contribution in [0.3, 0.4) is 0 Å². The highest BCUT2D eigenvalue weighted by Crippen LogP contribution is 2.11. The van der Waals surface area contributed by atoms with Gasteiger partial charge in [-0.15, -0.1) is 0 Å². The Hall–Kier alpha value is -0.910. The van der Waals surface area contributed by atoms with Crippen LogP contribution in [0.15, 0.2) is 16.5 Å². The quantitative estimate of drug-likeness (QED) is 0.783. The van der Waals surface area contributed by atoms with Gasteiger partial charge in [0.15, 0.2) is 5.76 Å². The zero-order valence-electron chi connectivity index (χ0n) is 8.75. The summed E-state index contributed by atoms with van der Waals surface area (Å²) in [6.45, 7) is 1.34. The molecule has 0 saturated carbocycles. The predicted molar refractivity (Wildman–Crippen MR) is 59.1 cm³/mol. The second-order valence-corrected chi connectivity index (χ2v) is 4.03. The Morgan fingerprint density at radius 2 is 2.25 bits per heavy atom. The number of furan rings is 1. The standard InChI is InChI=1S/C10H12BrF2NO2/c1-7-2-3-8(16-7)10(15)14(5-4-11)6-9(12)13/h2-3,9H,4-6H2,1H3. The van der Waals surface area contributed by atoms with Crippen molar-refractivity contribution in [2.75, 3.05) is 18.4 Å². The van der Waals surface area contributed by atoms with E-state index in [1.807, 2.05) is 0 Å². The van der Waals surface area contributed by atoms with Crippen LogP contribution in [-0.2, 0) is 0 Å². The van der Waals surface area contributed by atoms with E-state index in [0.29, 0.717) is 11.1 Å². The van der Waals surface area contributed by atoms with E-state index in [9.17, 15) is 13.6 Å². The topological polar surface area (TPSA) is 33.5 Å². The maximum Gasteiger partial charge on any atom is 0.289 e. The third-order valence-electron chi connectivity index (χ3n) is 1.95. The summed E-state index contributed by atoms with van der Waals surface area (Å²) >= 11 is 3.12. The van der Waals surface area contributed by atoms with E-state index in [-0.39, 0.29) is 12.3 Å². The molecular weight excluding hydrogens is 284 g/mol. The molecule has 16 heavy (non-hydrogen) atoms. The van der Waals surface area contributed by atoms with Gasteiger partial charge in [-0.1, -0.05) is 15.9 Å². The van der Waals surface area contributed by atoms with Gasteiger partial charge >= 0.3 is 0 Å². The summed E-state index contributed by atoms with van der Waals surface area (Å²) in [5.41, 5.74) is 0. The minimum Gasteiger partial charge on any atom is -0.456 e. The SMILES string of the molecule is Cc1ccc(C(=O)N(CCBr)CC(F)F)o1. The van der Waals surface area contributed by atoms with Gasteiger partial charge in [-0.2, -0.15) is 0 Å². The van der Waals surface area contributed by atoms with E-state index in [4.69, 9.17) is 4.42 Å². The second-order valence-electron chi connectivity index (χ2n) is 3.24.